The van der Waals surface area contributed by atoms with Gasteiger partial charge >= 0.3 is 0 Å². The largest absolute Gasteiger partial charge is 0.486 e. The van der Waals surface area contributed by atoms with Crippen molar-refractivity contribution in [3.8, 4) is 11.5 Å². The average Bonchev–Trinajstić information content (AvgIpc) is 3.21. The van der Waals surface area contributed by atoms with Crippen LogP contribution in [0.4, 0.5) is 11.5 Å². The van der Waals surface area contributed by atoms with E-state index in [1.54, 1.807) is 4.31 Å². The third kappa shape index (κ3) is 5.18. The molecule has 1 saturated heterocycles. The lowest BCUT2D eigenvalue weighted by atomic mass is 9.96. The molecular weight excluding hydrogens is 502 g/mol. The van der Waals surface area contributed by atoms with Gasteiger partial charge in [-0.25, -0.2) is 27.7 Å². The quantitative estimate of drug-likeness (QED) is 0.444. The molecule has 0 spiro atoms. The Labute approximate surface area is 214 Å². The standard InChI is InChI=1S/C23H31N7O4S2/c1-3-25-16-11-17-18(34-10-9-33-17)12-19(16)35-23-28-20-21(24)26-14-27-22(20)30(23)8-6-15-5-4-7-29(13-15)36(2,31)32/h11-12,14-15,25H,3-10,13H2,1-2H3,(H2,24,26,27). The fraction of sp³-hybridized carbons (Fsp3) is 0.522. The Bertz CT molecular complexity index is 1360. The van der Waals surface area contributed by atoms with E-state index >= 15 is 0 Å². The first-order chi connectivity index (χ1) is 17.3. The number of piperidine rings is 1. The number of aromatic nitrogens is 4. The normalized spacial score (nSPS) is 18.4. The van der Waals surface area contributed by atoms with Crippen molar-refractivity contribution < 1.29 is 17.9 Å². The van der Waals surface area contributed by atoms with Crippen molar-refractivity contribution in [2.45, 2.75) is 42.8 Å². The van der Waals surface area contributed by atoms with Crippen molar-refractivity contribution in [2.24, 2.45) is 5.92 Å². The number of benzene rings is 1. The van der Waals surface area contributed by atoms with E-state index in [2.05, 4.69) is 19.9 Å². The van der Waals surface area contributed by atoms with Crippen molar-refractivity contribution in [3.63, 3.8) is 0 Å². The molecule has 1 aromatic carbocycles. The van der Waals surface area contributed by atoms with Crippen molar-refractivity contribution in [3.05, 3.63) is 18.5 Å². The number of nitrogens with two attached hydrogens (primary N) is 1. The molecule has 5 rings (SSSR count). The Morgan fingerprint density at radius 2 is 2.00 bits per heavy atom. The molecule has 0 bridgehead atoms. The molecule has 194 valence electrons. The molecule has 0 radical (unpaired) electrons. The number of imidazole rings is 1. The minimum Gasteiger partial charge on any atom is -0.486 e. The molecule has 13 heteroatoms. The van der Waals surface area contributed by atoms with Crippen LogP contribution in [0.3, 0.4) is 0 Å². The van der Waals surface area contributed by atoms with E-state index in [1.807, 2.05) is 19.1 Å². The number of ether oxygens (including phenoxy) is 2. The van der Waals surface area contributed by atoms with E-state index in [-0.39, 0.29) is 5.92 Å². The molecular formula is C23H31N7O4S2. The summed E-state index contributed by atoms with van der Waals surface area (Å²) in [6.07, 6.45) is 5.39. The molecule has 3 aromatic rings. The van der Waals surface area contributed by atoms with Crippen LogP contribution in [0.5, 0.6) is 11.5 Å². The Hall–Kier alpha value is -2.77. The highest BCUT2D eigenvalue weighted by atomic mass is 32.2. The maximum absolute atomic E-state index is 12.1. The molecule has 36 heavy (non-hydrogen) atoms. The Kier molecular flexibility index (Phi) is 7.13. The van der Waals surface area contributed by atoms with Crippen molar-refractivity contribution in [2.75, 3.05) is 50.2 Å². The predicted molar refractivity (Wildman–Crippen MR) is 139 cm³/mol. The van der Waals surface area contributed by atoms with E-state index in [1.165, 1.54) is 24.3 Å². The van der Waals surface area contributed by atoms with Crippen LogP contribution in [-0.4, -0.2) is 71.3 Å². The van der Waals surface area contributed by atoms with Gasteiger partial charge in [-0.3, -0.25) is 0 Å². The number of rotatable bonds is 8. The monoisotopic (exact) mass is 533 g/mol. The zero-order valence-corrected chi connectivity index (χ0v) is 22.1. The highest BCUT2D eigenvalue weighted by Gasteiger charge is 2.27. The molecule has 2 aliphatic heterocycles. The van der Waals surface area contributed by atoms with Gasteiger partial charge in [0, 0.05) is 43.2 Å². The van der Waals surface area contributed by atoms with Gasteiger partial charge in [0.05, 0.1) is 11.9 Å². The summed E-state index contributed by atoms with van der Waals surface area (Å²) in [6, 6.07) is 3.93. The van der Waals surface area contributed by atoms with Crippen molar-refractivity contribution in [1.29, 1.82) is 0 Å². The number of nitrogens with one attached hydrogen (secondary N) is 1. The fourth-order valence-corrected chi connectivity index (χ4v) is 6.64. The zero-order chi connectivity index (χ0) is 25.3. The zero-order valence-electron chi connectivity index (χ0n) is 20.4. The molecule has 2 aromatic heterocycles. The van der Waals surface area contributed by atoms with E-state index in [0.29, 0.717) is 55.6 Å². The predicted octanol–water partition coefficient (Wildman–Crippen LogP) is 2.82. The highest BCUT2D eigenvalue weighted by molar-refractivity contribution is 7.99. The van der Waals surface area contributed by atoms with E-state index in [9.17, 15) is 8.42 Å². The highest BCUT2D eigenvalue weighted by Crippen LogP contribution is 2.43. The topological polar surface area (TPSA) is 137 Å². The molecule has 1 unspecified atom stereocenters. The molecule has 0 amide bonds. The maximum atomic E-state index is 12.1. The Morgan fingerprint density at radius 3 is 2.75 bits per heavy atom. The molecule has 1 fully saturated rings. The van der Waals surface area contributed by atoms with Crippen LogP contribution in [0.1, 0.15) is 26.2 Å². The number of aryl methyl sites for hydroxylation is 1. The molecule has 4 heterocycles. The second kappa shape index (κ2) is 10.3. The smallest absolute Gasteiger partial charge is 0.211 e. The molecule has 0 aliphatic carbocycles. The summed E-state index contributed by atoms with van der Waals surface area (Å²) in [6.45, 7) is 5.59. The number of hydrogen-bond acceptors (Lipinski definition) is 10. The van der Waals surface area contributed by atoms with Crippen LogP contribution >= 0.6 is 11.8 Å². The van der Waals surface area contributed by atoms with Gasteiger partial charge in [-0.05, 0) is 43.9 Å². The van der Waals surface area contributed by atoms with E-state index in [0.717, 1.165) is 47.3 Å². The second-order valence-electron chi connectivity index (χ2n) is 9.02. The first-order valence-corrected chi connectivity index (χ1v) is 14.8. The van der Waals surface area contributed by atoms with Crippen molar-refractivity contribution in [1.82, 2.24) is 23.8 Å². The van der Waals surface area contributed by atoms with Crippen LogP contribution in [-0.2, 0) is 16.6 Å². The van der Waals surface area contributed by atoms with Gasteiger partial charge in [-0.1, -0.05) is 0 Å². The minimum absolute atomic E-state index is 0.259. The van der Waals surface area contributed by atoms with Crippen LogP contribution in [0.15, 0.2) is 28.5 Å². The maximum Gasteiger partial charge on any atom is 0.211 e. The first kappa shape index (κ1) is 24.9. The average molecular weight is 534 g/mol. The van der Waals surface area contributed by atoms with Crippen LogP contribution in [0.25, 0.3) is 11.2 Å². The molecule has 2 aliphatic rings. The molecule has 1 atom stereocenters. The van der Waals surface area contributed by atoms with Gasteiger partial charge in [0.25, 0.3) is 0 Å². The molecule has 11 nitrogen and oxygen atoms in total. The third-order valence-corrected chi connectivity index (χ3v) is 8.77. The number of fused-ring (bicyclic) bond motifs is 2. The Morgan fingerprint density at radius 1 is 1.22 bits per heavy atom. The van der Waals surface area contributed by atoms with E-state index < -0.39 is 10.0 Å². The number of nitrogens with zero attached hydrogens (tertiary/aromatic N) is 5. The number of nitrogen functional groups attached to an aromatic ring is 1. The van der Waals surface area contributed by atoms with Gasteiger partial charge in [0.1, 0.15) is 19.5 Å². The summed E-state index contributed by atoms with van der Waals surface area (Å²) < 4.78 is 39.4. The van der Waals surface area contributed by atoms with Crippen LogP contribution in [0.2, 0.25) is 0 Å². The van der Waals surface area contributed by atoms with Gasteiger partial charge in [0.2, 0.25) is 10.0 Å². The lowest BCUT2D eigenvalue weighted by Crippen LogP contribution is -2.39. The van der Waals surface area contributed by atoms with Gasteiger partial charge in [-0.15, -0.1) is 0 Å². The van der Waals surface area contributed by atoms with Crippen molar-refractivity contribution >= 4 is 44.5 Å². The second-order valence-corrected chi connectivity index (χ2v) is 12.0. The summed E-state index contributed by atoms with van der Waals surface area (Å²) >= 11 is 1.50. The summed E-state index contributed by atoms with van der Waals surface area (Å²) in [4.78, 5) is 14.4. The summed E-state index contributed by atoms with van der Waals surface area (Å²) in [7, 11) is -3.19. The van der Waals surface area contributed by atoms with Crippen LogP contribution in [0, 0.1) is 5.92 Å². The molecule has 3 N–H and O–H groups in total. The summed E-state index contributed by atoms with van der Waals surface area (Å²) in [5, 5.41) is 4.14. The lowest BCUT2D eigenvalue weighted by molar-refractivity contribution is 0.171. The number of sulfonamides is 1. The Balaban J connectivity index is 1.46. The lowest BCUT2D eigenvalue weighted by Gasteiger charge is -2.31. The van der Waals surface area contributed by atoms with Gasteiger partial charge in [-0.2, -0.15) is 0 Å². The summed E-state index contributed by atoms with van der Waals surface area (Å²) in [5.74, 6) is 2.01. The first-order valence-electron chi connectivity index (χ1n) is 12.1. The van der Waals surface area contributed by atoms with E-state index in [4.69, 9.17) is 20.2 Å². The minimum atomic E-state index is -3.19. The van der Waals surface area contributed by atoms with Gasteiger partial charge < -0.3 is 25.1 Å². The SMILES string of the molecule is CCNc1cc2c(cc1Sc1nc3c(N)ncnc3n1CCC1CCCN(S(C)(=O)=O)C1)OCCO2. The summed E-state index contributed by atoms with van der Waals surface area (Å²) in [5.41, 5.74) is 8.31. The van der Waals surface area contributed by atoms with Crippen LogP contribution < -0.4 is 20.5 Å². The fourth-order valence-electron chi connectivity index (χ4n) is 4.67. The third-order valence-electron chi connectivity index (χ3n) is 6.45. The molecule has 0 saturated carbocycles. The number of hydrogen-bond donors (Lipinski definition) is 2. The van der Waals surface area contributed by atoms with Gasteiger partial charge in [0.15, 0.2) is 33.6 Å². The number of anilines is 2.